The van der Waals surface area contributed by atoms with E-state index in [9.17, 15) is 9.90 Å². The summed E-state index contributed by atoms with van der Waals surface area (Å²) < 4.78 is 0. The molecule has 3 aliphatic rings. The van der Waals surface area contributed by atoms with Crippen molar-refractivity contribution in [2.45, 2.75) is 42.0 Å². The average molecular weight is 381 g/mol. The third-order valence-electron chi connectivity index (χ3n) is 6.23. The zero-order valence-corrected chi connectivity index (χ0v) is 16.0. The van der Waals surface area contributed by atoms with Gasteiger partial charge in [0.05, 0.1) is 22.7 Å². The van der Waals surface area contributed by atoms with Crippen molar-refractivity contribution in [2.24, 2.45) is 5.92 Å². The molecule has 0 spiro atoms. The van der Waals surface area contributed by atoms with E-state index in [2.05, 4.69) is 34.5 Å². The molecule has 2 unspecified atom stereocenters. The number of piperidine rings is 1. The largest absolute Gasteiger partial charge is 0.478 e. The molecule has 0 amide bonds. The lowest BCUT2D eigenvalue weighted by atomic mass is 9.95. The van der Waals surface area contributed by atoms with Gasteiger partial charge in [0.25, 0.3) is 0 Å². The van der Waals surface area contributed by atoms with Crippen LogP contribution in [0.3, 0.4) is 0 Å². The molecular formula is C22H24N2O2S. The molecule has 2 N–H and O–H groups in total. The third-order valence-corrected chi connectivity index (χ3v) is 7.67. The molecule has 5 heteroatoms. The van der Waals surface area contributed by atoms with Crippen molar-refractivity contribution >= 4 is 23.4 Å². The zero-order valence-electron chi connectivity index (χ0n) is 15.2. The van der Waals surface area contributed by atoms with E-state index in [1.807, 2.05) is 23.9 Å². The molecule has 0 radical (unpaired) electrons. The van der Waals surface area contributed by atoms with E-state index in [1.54, 1.807) is 6.07 Å². The molecule has 1 saturated heterocycles. The van der Waals surface area contributed by atoms with Crippen LogP contribution in [0.1, 0.15) is 46.8 Å². The second-order valence-electron chi connectivity index (χ2n) is 7.74. The van der Waals surface area contributed by atoms with Crippen LogP contribution in [0, 0.1) is 5.92 Å². The predicted octanol–water partition coefficient (Wildman–Crippen LogP) is 4.31. The fourth-order valence-corrected chi connectivity index (χ4v) is 6.49. The number of hydrogen-bond acceptors (Lipinski definition) is 4. The first-order valence-corrected chi connectivity index (χ1v) is 10.7. The van der Waals surface area contributed by atoms with Gasteiger partial charge in [0, 0.05) is 4.90 Å². The number of aryl methyl sites for hydroxylation is 1. The van der Waals surface area contributed by atoms with Crippen LogP contribution in [0.25, 0.3) is 0 Å². The Labute approximate surface area is 164 Å². The van der Waals surface area contributed by atoms with Gasteiger partial charge in [-0.3, -0.25) is 0 Å². The van der Waals surface area contributed by atoms with Crippen LogP contribution >= 0.6 is 11.8 Å². The maximum absolute atomic E-state index is 11.5. The first-order valence-electron chi connectivity index (χ1n) is 9.83. The zero-order chi connectivity index (χ0) is 18.4. The molecule has 140 valence electrons. The van der Waals surface area contributed by atoms with E-state index < -0.39 is 5.97 Å². The second-order valence-corrected chi connectivity index (χ2v) is 8.90. The first-order chi connectivity index (χ1) is 13.2. The van der Waals surface area contributed by atoms with Gasteiger partial charge in [-0.25, -0.2) is 4.79 Å². The number of benzene rings is 2. The third kappa shape index (κ3) is 2.93. The Kier molecular flexibility index (Phi) is 4.37. The van der Waals surface area contributed by atoms with E-state index in [0.29, 0.717) is 22.9 Å². The van der Waals surface area contributed by atoms with Gasteiger partial charge in [-0.05, 0) is 74.0 Å². The maximum Gasteiger partial charge on any atom is 0.335 e. The van der Waals surface area contributed by atoms with Crippen molar-refractivity contribution in [3.05, 3.63) is 59.2 Å². The van der Waals surface area contributed by atoms with Gasteiger partial charge in [-0.1, -0.05) is 36.0 Å². The molecule has 2 aromatic carbocycles. The average Bonchev–Trinajstić information content (AvgIpc) is 3.29. The minimum Gasteiger partial charge on any atom is -0.478 e. The van der Waals surface area contributed by atoms with Crippen LogP contribution < -0.4 is 10.2 Å². The molecule has 0 saturated carbocycles. The molecule has 2 aliphatic heterocycles. The number of anilines is 1. The lowest BCUT2D eigenvalue weighted by Gasteiger charge is -2.39. The van der Waals surface area contributed by atoms with E-state index >= 15 is 0 Å². The van der Waals surface area contributed by atoms with Gasteiger partial charge in [-0.2, -0.15) is 0 Å². The topological polar surface area (TPSA) is 52.6 Å². The van der Waals surface area contributed by atoms with Crippen LogP contribution in [0.2, 0.25) is 0 Å². The summed E-state index contributed by atoms with van der Waals surface area (Å²) in [5.74, 6) is -0.217. The molecule has 2 heterocycles. The Morgan fingerprint density at radius 3 is 2.74 bits per heavy atom. The number of aromatic carboxylic acids is 1. The number of carbonyl (C=O) groups is 1. The highest BCUT2D eigenvalue weighted by Gasteiger charge is 2.42. The SMILES string of the molecule is O=C(O)c1ccc2c(c1)SC(C1CCNCC1)N2C1CCc2ccccc21. The lowest BCUT2D eigenvalue weighted by Crippen LogP contribution is -2.42. The number of thioether (sulfide) groups is 1. The van der Waals surface area contributed by atoms with E-state index in [1.165, 1.54) is 29.7 Å². The van der Waals surface area contributed by atoms with Crippen LogP contribution in [0.15, 0.2) is 47.4 Å². The number of carboxylic acid groups (broad SMARTS) is 1. The molecule has 2 atom stereocenters. The summed E-state index contributed by atoms with van der Waals surface area (Å²) in [6.07, 6.45) is 4.63. The molecule has 0 bridgehead atoms. The summed E-state index contributed by atoms with van der Waals surface area (Å²) in [6, 6.07) is 14.9. The number of hydrogen-bond donors (Lipinski definition) is 2. The van der Waals surface area contributed by atoms with Gasteiger partial charge in [0.15, 0.2) is 0 Å². The summed E-state index contributed by atoms with van der Waals surface area (Å²) in [6.45, 7) is 2.15. The van der Waals surface area contributed by atoms with Gasteiger partial charge in [0.2, 0.25) is 0 Å². The first kappa shape index (κ1) is 17.1. The number of nitrogens with one attached hydrogen (secondary N) is 1. The quantitative estimate of drug-likeness (QED) is 0.831. The lowest BCUT2D eigenvalue weighted by molar-refractivity contribution is 0.0696. The maximum atomic E-state index is 11.5. The van der Waals surface area contributed by atoms with E-state index in [-0.39, 0.29) is 0 Å². The molecule has 4 nitrogen and oxygen atoms in total. The minimum atomic E-state index is -0.846. The van der Waals surface area contributed by atoms with Crippen LogP contribution in [0.4, 0.5) is 5.69 Å². The number of fused-ring (bicyclic) bond motifs is 2. The fourth-order valence-electron chi connectivity index (χ4n) is 4.90. The summed E-state index contributed by atoms with van der Waals surface area (Å²) in [5, 5.41) is 13.3. The van der Waals surface area contributed by atoms with Crippen molar-refractivity contribution in [2.75, 3.05) is 18.0 Å². The van der Waals surface area contributed by atoms with E-state index in [4.69, 9.17) is 0 Å². The Bertz CT molecular complexity index is 878. The number of nitrogens with zero attached hydrogens (tertiary/aromatic N) is 1. The summed E-state index contributed by atoms with van der Waals surface area (Å²) >= 11 is 1.88. The molecule has 5 rings (SSSR count). The Morgan fingerprint density at radius 1 is 1.11 bits per heavy atom. The summed E-state index contributed by atoms with van der Waals surface area (Å²) in [5.41, 5.74) is 4.52. The molecule has 1 fully saturated rings. The highest BCUT2D eigenvalue weighted by Crippen LogP contribution is 2.53. The van der Waals surface area contributed by atoms with Gasteiger partial charge < -0.3 is 15.3 Å². The Morgan fingerprint density at radius 2 is 1.93 bits per heavy atom. The smallest absolute Gasteiger partial charge is 0.335 e. The van der Waals surface area contributed by atoms with Crippen molar-refractivity contribution in [3.63, 3.8) is 0 Å². The predicted molar refractivity (Wildman–Crippen MR) is 109 cm³/mol. The molecule has 0 aromatic heterocycles. The summed E-state index contributed by atoms with van der Waals surface area (Å²) in [7, 11) is 0. The Balaban J connectivity index is 1.56. The molecular weight excluding hydrogens is 356 g/mol. The van der Waals surface area contributed by atoms with Crippen LogP contribution in [-0.2, 0) is 6.42 Å². The molecule has 27 heavy (non-hydrogen) atoms. The number of rotatable bonds is 3. The highest BCUT2D eigenvalue weighted by molar-refractivity contribution is 8.00. The monoisotopic (exact) mass is 380 g/mol. The van der Waals surface area contributed by atoms with Crippen molar-refractivity contribution in [1.29, 1.82) is 0 Å². The second kappa shape index (κ2) is 6.88. The van der Waals surface area contributed by atoms with Gasteiger partial charge in [-0.15, -0.1) is 0 Å². The van der Waals surface area contributed by atoms with Gasteiger partial charge >= 0.3 is 5.97 Å². The molecule has 1 aliphatic carbocycles. The van der Waals surface area contributed by atoms with Crippen LogP contribution in [-0.4, -0.2) is 29.5 Å². The highest BCUT2D eigenvalue weighted by atomic mass is 32.2. The fraction of sp³-hybridized carbons (Fsp3) is 0.409. The normalized spacial score (nSPS) is 24.7. The van der Waals surface area contributed by atoms with Crippen LogP contribution in [0.5, 0.6) is 0 Å². The van der Waals surface area contributed by atoms with Crippen molar-refractivity contribution in [1.82, 2.24) is 5.32 Å². The number of carboxylic acids is 1. The minimum absolute atomic E-state index is 0.388. The van der Waals surface area contributed by atoms with Gasteiger partial charge in [0.1, 0.15) is 0 Å². The van der Waals surface area contributed by atoms with Crippen molar-refractivity contribution < 1.29 is 9.90 Å². The standard InChI is InChI=1S/C22H24N2O2S/c25-22(26)16-6-8-19-20(13-16)27-21(15-9-11-23-12-10-15)24(19)18-7-5-14-3-1-2-4-17(14)18/h1-4,6,8,13,15,18,21,23H,5,7,9-12H2,(H,25,26). The Hall–Kier alpha value is -1.98. The van der Waals surface area contributed by atoms with Crippen molar-refractivity contribution in [3.8, 4) is 0 Å². The van der Waals surface area contributed by atoms with E-state index in [0.717, 1.165) is 30.8 Å². The molecule has 2 aromatic rings. The summed E-state index contributed by atoms with van der Waals surface area (Å²) in [4.78, 5) is 15.2.